The number of ether oxygens (including phenoxy) is 4. The molecular weight excluding hydrogens is 749 g/mol. The average Bonchev–Trinajstić information content (AvgIpc) is 3.03. The Morgan fingerprint density at radius 2 is 0.917 bits per heavy atom. The number of carbonyl (C=O) groups excluding carboxylic acids is 4. The van der Waals surface area contributed by atoms with E-state index in [0.717, 1.165) is 37.8 Å². The minimum Gasteiger partial charge on any atom is -0.461 e. The monoisotopic (exact) mass is 782 g/mol. The van der Waals surface area contributed by atoms with Gasteiger partial charge in [-0.25, -0.2) is 19.2 Å². The summed E-state index contributed by atoms with van der Waals surface area (Å²) in [5, 5.41) is -1.47. The molecule has 48 heavy (non-hydrogen) atoms. The molecule has 0 radical (unpaired) electrons. The third kappa shape index (κ3) is 7.00. The van der Waals surface area contributed by atoms with Crippen molar-refractivity contribution in [3.05, 3.63) is 53.4 Å². The van der Waals surface area contributed by atoms with Crippen molar-refractivity contribution >= 4 is 93.5 Å². The van der Waals surface area contributed by atoms with Crippen LogP contribution in [-0.4, -0.2) is 37.1 Å². The summed E-state index contributed by atoms with van der Waals surface area (Å²) in [5.41, 5.74) is -1.40. The van der Waals surface area contributed by atoms with Crippen molar-refractivity contribution in [3.8, 4) is 11.5 Å². The van der Waals surface area contributed by atoms with Crippen LogP contribution >= 0.6 is 69.6 Å². The summed E-state index contributed by atoms with van der Waals surface area (Å²) in [5.74, 6) is -5.12. The molecule has 0 N–H and O–H groups in total. The lowest BCUT2D eigenvalue weighted by molar-refractivity contribution is -0.156. The van der Waals surface area contributed by atoms with E-state index in [1.807, 2.05) is 13.8 Å². The number of esters is 4. The maximum Gasteiger partial charge on any atom is 0.423 e. The molecular formula is C34H36Cl6O8. The second-order valence-electron chi connectivity index (χ2n) is 12.9. The fourth-order valence-corrected chi connectivity index (χ4v) is 8.79. The molecule has 2 aliphatic carbocycles. The highest BCUT2D eigenvalue weighted by Crippen LogP contribution is 2.55. The fourth-order valence-electron chi connectivity index (χ4n) is 7.35. The second-order valence-corrected chi connectivity index (χ2v) is 15.3. The molecule has 0 saturated heterocycles. The molecule has 2 aromatic carbocycles. The van der Waals surface area contributed by atoms with Gasteiger partial charge in [-0.3, -0.25) is 0 Å². The Hall–Kier alpha value is -1.94. The van der Waals surface area contributed by atoms with Gasteiger partial charge in [0.15, 0.2) is 11.5 Å². The van der Waals surface area contributed by atoms with Crippen molar-refractivity contribution in [3.63, 3.8) is 0 Å². The van der Waals surface area contributed by atoms with Gasteiger partial charge < -0.3 is 18.9 Å². The molecule has 0 heterocycles. The summed E-state index contributed by atoms with van der Waals surface area (Å²) in [7, 11) is 0. The van der Waals surface area contributed by atoms with E-state index in [1.54, 1.807) is 0 Å². The Morgan fingerprint density at radius 1 is 0.604 bits per heavy atom. The topological polar surface area (TPSA) is 105 Å². The molecule has 0 spiro atoms. The molecule has 4 rings (SSSR count). The minimum absolute atomic E-state index is 0.0759. The number of carbonyl (C=O) groups is 4. The molecule has 0 aliphatic heterocycles. The maximum absolute atomic E-state index is 13.4. The van der Waals surface area contributed by atoms with E-state index < -0.39 is 46.5 Å². The van der Waals surface area contributed by atoms with Crippen molar-refractivity contribution in [2.24, 2.45) is 34.5 Å². The third-order valence-corrected chi connectivity index (χ3v) is 13.0. The van der Waals surface area contributed by atoms with Crippen LogP contribution in [0.15, 0.2) is 12.1 Å². The van der Waals surface area contributed by atoms with E-state index in [2.05, 4.69) is 27.7 Å². The Morgan fingerprint density at radius 3 is 1.19 bits per heavy atom. The fraction of sp³-hybridized carbons (Fsp3) is 0.529. The molecule has 2 aromatic rings. The van der Waals surface area contributed by atoms with Gasteiger partial charge in [-0.1, -0.05) is 111 Å². The van der Waals surface area contributed by atoms with Crippen molar-refractivity contribution < 1.29 is 38.1 Å². The first kappa shape index (κ1) is 38.9. The van der Waals surface area contributed by atoms with Gasteiger partial charge in [0.05, 0.1) is 43.3 Å². The molecule has 4 unspecified atom stereocenters. The number of rotatable bonds is 10. The zero-order valence-electron chi connectivity index (χ0n) is 27.2. The first-order valence-electron chi connectivity index (χ1n) is 15.6. The molecule has 2 fully saturated rings. The summed E-state index contributed by atoms with van der Waals surface area (Å²) >= 11 is 37.7. The number of benzene rings is 2. The van der Waals surface area contributed by atoms with Gasteiger partial charge in [0.25, 0.3) is 0 Å². The van der Waals surface area contributed by atoms with Crippen LogP contribution in [0.3, 0.4) is 0 Å². The van der Waals surface area contributed by atoms with Gasteiger partial charge in [-0.05, 0) is 61.5 Å². The van der Waals surface area contributed by atoms with Crippen molar-refractivity contribution in [2.45, 2.75) is 67.2 Å². The first-order chi connectivity index (χ1) is 22.4. The van der Waals surface area contributed by atoms with E-state index in [9.17, 15) is 19.2 Å². The first-order valence-corrected chi connectivity index (χ1v) is 17.9. The van der Waals surface area contributed by atoms with Gasteiger partial charge in [0, 0.05) is 10.8 Å². The zero-order valence-corrected chi connectivity index (χ0v) is 31.8. The average molecular weight is 785 g/mol. The molecule has 2 saturated carbocycles. The quantitative estimate of drug-likeness (QED) is 0.101. The molecule has 0 aromatic heterocycles. The van der Waals surface area contributed by atoms with E-state index in [0.29, 0.717) is 23.7 Å². The van der Waals surface area contributed by atoms with Crippen LogP contribution in [0.2, 0.25) is 30.1 Å². The van der Waals surface area contributed by atoms with Crippen LogP contribution in [0.4, 0.5) is 0 Å². The predicted octanol–water partition coefficient (Wildman–Crippen LogP) is 10.6. The van der Waals surface area contributed by atoms with Gasteiger partial charge in [-0.15, -0.1) is 0 Å². The standard InChI is InChI=1S/C34H36Cl6O8/c1-7-33(15(3)9-16(33)4)13-45-29(41)23-25(39)19(35)11-21(37)27(23)47-31(43)32(44)48-28-22(38)12-20(36)26(40)24(28)30(42)46-14-34(8-2)17(5)10-18(34)6/h11-12,15-18H,7-10,13-14H2,1-6H3. The molecule has 2 aliphatic rings. The van der Waals surface area contributed by atoms with Crippen LogP contribution in [0, 0.1) is 34.5 Å². The lowest BCUT2D eigenvalue weighted by atomic mass is 9.53. The Labute approximate surface area is 309 Å². The van der Waals surface area contributed by atoms with Crippen LogP contribution < -0.4 is 9.47 Å². The van der Waals surface area contributed by atoms with Crippen LogP contribution in [0.25, 0.3) is 0 Å². The van der Waals surface area contributed by atoms with Crippen molar-refractivity contribution in [2.75, 3.05) is 13.2 Å². The molecule has 0 amide bonds. The summed E-state index contributed by atoms with van der Waals surface area (Å²) in [6.07, 6.45) is 3.51. The molecule has 262 valence electrons. The van der Waals surface area contributed by atoms with Crippen molar-refractivity contribution in [1.29, 1.82) is 0 Å². The lowest BCUT2D eigenvalue weighted by Gasteiger charge is -2.53. The number of halogens is 6. The third-order valence-electron chi connectivity index (χ3n) is 10.8. The van der Waals surface area contributed by atoms with Gasteiger partial charge >= 0.3 is 23.9 Å². The highest BCUT2D eigenvalue weighted by molar-refractivity contribution is 6.47. The van der Waals surface area contributed by atoms with Gasteiger partial charge in [0.2, 0.25) is 0 Å². The molecule has 14 heteroatoms. The van der Waals surface area contributed by atoms with Crippen LogP contribution in [0.1, 0.15) is 87.9 Å². The maximum atomic E-state index is 13.4. The van der Waals surface area contributed by atoms with Gasteiger partial charge in [0.1, 0.15) is 11.1 Å². The lowest BCUT2D eigenvalue weighted by Crippen LogP contribution is -2.49. The van der Waals surface area contributed by atoms with Crippen LogP contribution in [0.5, 0.6) is 11.5 Å². The molecule has 0 bridgehead atoms. The summed E-state index contributed by atoms with van der Waals surface area (Å²) in [4.78, 5) is 53.0. The molecule has 4 atom stereocenters. The Balaban J connectivity index is 1.58. The predicted molar refractivity (Wildman–Crippen MR) is 186 cm³/mol. The minimum atomic E-state index is -1.64. The van der Waals surface area contributed by atoms with E-state index in [-0.39, 0.29) is 54.2 Å². The zero-order chi connectivity index (χ0) is 35.9. The van der Waals surface area contributed by atoms with Crippen LogP contribution in [-0.2, 0) is 19.1 Å². The summed E-state index contributed by atoms with van der Waals surface area (Å²) in [6, 6.07) is 2.27. The summed E-state index contributed by atoms with van der Waals surface area (Å²) in [6.45, 7) is 12.5. The highest BCUT2D eigenvalue weighted by atomic mass is 35.5. The van der Waals surface area contributed by atoms with E-state index in [4.69, 9.17) is 88.6 Å². The SMILES string of the molecule is CCC1(COC(=O)c2c(Cl)c(Cl)cc(Cl)c2OC(=O)C(=O)Oc2c(Cl)cc(Cl)c(Cl)c2C(=O)OCC2(CC)C(C)CC2C)C(C)CC1C. The largest absolute Gasteiger partial charge is 0.461 e. The normalized spacial score (nSPS) is 26.2. The van der Waals surface area contributed by atoms with E-state index >= 15 is 0 Å². The number of hydrogen-bond donors (Lipinski definition) is 0. The molecule has 8 nitrogen and oxygen atoms in total. The highest BCUT2D eigenvalue weighted by Gasteiger charge is 2.51. The van der Waals surface area contributed by atoms with E-state index in [1.165, 1.54) is 0 Å². The number of hydrogen-bond acceptors (Lipinski definition) is 8. The Kier molecular flexibility index (Phi) is 12.2. The van der Waals surface area contributed by atoms with Crippen molar-refractivity contribution in [1.82, 2.24) is 0 Å². The Bertz CT molecular complexity index is 1510. The summed E-state index contributed by atoms with van der Waals surface area (Å²) < 4.78 is 21.8. The smallest absolute Gasteiger partial charge is 0.423 e. The van der Waals surface area contributed by atoms with Gasteiger partial charge in [-0.2, -0.15) is 0 Å². The second kappa shape index (κ2) is 15.1.